The minimum Gasteiger partial charge on any atom is -0.383 e. The van der Waals surface area contributed by atoms with Gasteiger partial charge in [-0.15, -0.1) is 0 Å². The molecule has 0 aliphatic heterocycles. The monoisotopic (exact) mass is 358 g/mol. The summed E-state index contributed by atoms with van der Waals surface area (Å²) in [7, 11) is 3.27. The highest BCUT2D eigenvalue weighted by Gasteiger charge is 2.06. The van der Waals surface area contributed by atoms with Crippen molar-refractivity contribution in [3.63, 3.8) is 0 Å². The van der Waals surface area contributed by atoms with E-state index in [9.17, 15) is 4.79 Å². The Bertz CT molecular complexity index is 699. The molecule has 26 heavy (non-hydrogen) atoms. The molecule has 3 N–H and O–H groups in total. The molecule has 1 aromatic carbocycles. The fraction of sp³-hybridized carbons (Fsp3) is 0.389. The van der Waals surface area contributed by atoms with Gasteiger partial charge in [-0.1, -0.05) is 24.3 Å². The standard InChI is InChI=1S/C18H26N6O2/c1-19-18(22-13-17(25)20-9-11-26-2)21-12-15-6-3-4-7-16(15)14-24-10-5-8-23-24/h3-8,10H,9,11-14H2,1-2H3,(H,20,25)(H2,19,21,22). The quantitative estimate of drug-likeness (QED) is 0.342. The fourth-order valence-corrected chi connectivity index (χ4v) is 2.37. The second kappa shape index (κ2) is 10.9. The molecule has 8 heteroatoms. The zero-order valence-corrected chi connectivity index (χ0v) is 15.2. The molecule has 2 aromatic rings. The van der Waals surface area contributed by atoms with Crippen LogP contribution in [0.3, 0.4) is 0 Å². The number of hydrogen-bond acceptors (Lipinski definition) is 4. The third-order valence-electron chi connectivity index (χ3n) is 3.72. The number of benzene rings is 1. The SMILES string of the molecule is CN=C(NCC(=O)NCCOC)NCc1ccccc1Cn1cccn1. The van der Waals surface area contributed by atoms with Crippen molar-refractivity contribution in [1.29, 1.82) is 0 Å². The number of methoxy groups -OCH3 is 1. The first-order chi connectivity index (χ1) is 12.7. The minimum atomic E-state index is -0.107. The molecule has 2 rings (SSSR count). The number of carbonyl (C=O) groups excluding carboxylic acids is 1. The Morgan fingerprint density at radius 1 is 1.19 bits per heavy atom. The lowest BCUT2D eigenvalue weighted by Crippen LogP contribution is -2.43. The molecule has 1 aromatic heterocycles. The lowest BCUT2D eigenvalue weighted by atomic mass is 10.1. The van der Waals surface area contributed by atoms with Gasteiger partial charge in [-0.3, -0.25) is 14.5 Å². The van der Waals surface area contributed by atoms with Crippen LogP contribution in [0.1, 0.15) is 11.1 Å². The first-order valence-corrected chi connectivity index (χ1v) is 8.47. The number of guanidine groups is 1. The van der Waals surface area contributed by atoms with Crippen LogP contribution in [0, 0.1) is 0 Å². The van der Waals surface area contributed by atoms with Gasteiger partial charge in [0.2, 0.25) is 5.91 Å². The van der Waals surface area contributed by atoms with Crippen molar-refractivity contribution in [1.82, 2.24) is 25.7 Å². The largest absolute Gasteiger partial charge is 0.383 e. The summed E-state index contributed by atoms with van der Waals surface area (Å²) < 4.78 is 6.78. The zero-order valence-electron chi connectivity index (χ0n) is 15.2. The van der Waals surface area contributed by atoms with Crippen LogP contribution in [0.15, 0.2) is 47.7 Å². The minimum absolute atomic E-state index is 0.107. The van der Waals surface area contributed by atoms with Crippen molar-refractivity contribution < 1.29 is 9.53 Å². The van der Waals surface area contributed by atoms with E-state index < -0.39 is 0 Å². The third-order valence-corrected chi connectivity index (χ3v) is 3.72. The molecule has 0 radical (unpaired) electrons. The second-order valence-electron chi connectivity index (χ2n) is 5.59. The van der Waals surface area contributed by atoms with Crippen LogP contribution in [0.5, 0.6) is 0 Å². The Morgan fingerprint density at radius 3 is 2.69 bits per heavy atom. The summed E-state index contributed by atoms with van der Waals surface area (Å²) in [5.74, 6) is 0.463. The van der Waals surface area contributed by atoms with Gasteiger partial charge < -0.3 is 20.7 Å². The van der Waals surface area contributed by atoms with E-state index in [2.05, 4.69) is 38.2 Å². The molecular formula is C18H26N6O2. The van der Waals surface area contributed by atoms with Gasteiger partial charge in [-0.05, 0) is 17.2 Å². The number of amides is 1. The maximum Gasteiger partial charge on any atom is 0.239 e. The first-order valence-electron chi connectivity index (χ1n) is 8.47. The van der Waals surface area contributed by atoms with Crippen molar-refractivity contribution in [2.24, 2.45) is 4.99 Å². The average Bonchev–Trinajstić information content (AvgIpc) is 3.16. The molecule has 0 saturated heterocycles. The summed E-state index contributed by atoms with van der Waals surface area (Å²) in [5, 5.41) is 13.2. The predicted octanol–water partition coefficient (Wildman–Crippen LogP) is 0.359. The van der Waals surface area contributed by atoms with E-state index in [1.807, 2.05) is 29.1 Å². The van der Waals surface area contributed by atoms with Crippen LogP contribution >= 0.6 is 0 Å². The first kappa shape index (κ1) is 19.5. The number of nitrogens with zero attached hydrogens (tertiary/aromatic N) is 3. The van der Waals surface area contributed by atoms with E-state index in [4.69, 9.17) is 4.74 Å². The molecule has 0 aliphatic rings. The van der Waals surface area contributed by atoms with E-state index in [1.54, 1.807) is 20.4 Å². The van der Waals surface area contributed by atoms with Gasteiger partial charge in [0.1, 0.15) is 0 Å². The lowest BCUT2D eigenvalue weighted by Gasteiger charge is -2.14. The Kier molecular flexibility index (Phi) is 8.14. The Balaban J connectivity index is 1.84. The number of carbonyl (C=O) groups is 1. The van der Waals surface area contributed by atoms with Crippen molar-refractivity contribution >= 4 is 11.9 Å². The van der Waals surface area contributed by atoms with Crippen LogP contribution in [-0.4, -0.2) is 55.5 Å². The molecule has 0 bridgehead atoms. The van der Waals surface area contributed by atoms with Crippen LogP contribution in [0.25, 0.3) is 0 Å². The second-order valence-corrected chi connectivity index (χ2v) is 5.59. The molecule has 0 atom stereocenters. The summed E-state index contributed by atoms with van der Waals surface area (Å²) in [4.78, 5) is 15.9. The molecule has 1 heterocycles. The molecule has 0 aliphatic carbocycles. The van der Waals surface area contributed by atoms with E-state index in [0.717, 1.165) is 5.56 Å². The van der Waals surface area contributed by atoms with Crippen LogP contribution in [0.4, 0.5) is 0 Å². The summed E-state index contributed by atoms with van der Waals surface area (Å²) in [6, 6.07) is 10.1. The number of hydrogen-bond donors (Lipinski definition) is 3. The summed E-state index contributed by atoms with van der Waals surface area (Å²) >= 11 is 0. The molecule has 0 saturated carbocycles. The smallest absolute Gasteiger partial charge is 0.239 e. The highest BCUT2D eigenvalue weighted by molar-refractivity contribution is 5.86. The van der Waals surface area contributed by atoms with E-state index >= 15 is 0 Å². The Morgan fingerprint density at radius 2 is 2.00 bits per heavy atom. The predicted molar refractivity (Wildman–Crippen MR) is 101 cm³/mol. The van der Waals surface area contributed by atoms with Crippen LogP contribution in [0.2, 0.25) is 0 Å². The van der Waals surface area contributed by atoms with E-state index in [0.29, 0.717) is 32.2 Å². The highest BCUT2D eigenvalue weighted by atomic mass is 16.5. The molecule has 0 fully saturated rings. The zero-order chi connectivity index (χ0) is 18.6. The normalized spacial score (nSPS) is 11.2. The van der Waals surface area contributed by atoms with E-state index in [1.165, 1.54) is 5.56 Å². The van der Waals surface area contributed by atoms with Gasteiger partial charge >= 0.3 is 0 Å². The molecule has 8 nitrogen and oxygen atoms in total. The topological polar surface area (TPSA) is 92.6 Å². The summed E-state index contributed by atoms with van der Waals surface area (Å²) in [6.07, 6.45) is 3.71. The molecule has 1 amide bonds. The van der Waals surface area contributed by atoms with Gasteiger partial charge in [-0.2, -0.15) is 5.10 Å². The van der Waals surface area contributed by atoms with Gasteiger partial charge in [-0.25, -0.2) is 0 Å². The average molecular weight is 358 g/mol. The van der Waals surface area contributed by atoms with Gasteiger partial charge in [0, 0.05) is 39.6 Å². The van der Waals surface area contributed by atoms with Crippen LogP contribution in [-0.2, 0) is 22.6 Å². The fourth-order valence-electron chi connectivity index (χ4n) is 2.37. The van der Waals surface area contributed by atoms with Crippen molar-refractivity contribution in [3.8, 4) is 0 Å². The molecule has 140 valence electrons. The Hall–Kier alpha value is -2.87. The molecular weight excluding hydrogens is 332 g/mol. The van der Waals surface area contributed by atoms with Gasteiger partial charge in [0.05, 0.1) is 19.7 Å². The van der Waals surface area contributed by atoms with Crippen molar-refractivity contribution in [3.05, 3.63) is 53.9 Å². The Labute approximate surface area is 153 Å². The number of ether oxygens (including phenoxy) is 1. The van der Waals surface area contributed by atoms with E-state index in [-0.39, 0.29) is 12.5 Å². The number of aliphatic imine (C=N–C) groups is 1. The summed E-state index contributed by atoms with van der Waals surface area (Å²) in [5.41, 5.74) is 2.33. The maximum absolute atomic E-state index is 11.7. The summed E-state index contributed by atoms with van der Waals surface area (Å²) in [6.45, 7) is 2.44. The van der Waals surface area contributed by atoms with Gasteiger partial charge in [0.25, 0.3) is 0 Å². The van der Waals surface area contributed by atoms with Crippen LogP contribution < -0.4 is 16.0 Å². The number of aromatic nitrogens is 2. The molecule has 0 spiro atoms. The molecule has 0 unspecified atom stereocenters. The number of nitrogens with one attached hydrogen (secondary N) is 3. The van der Waals surface area contributed by atoms with Crippen molar-refractivity contribution in [2.45, 2.75) is 13.1 Å². The van der Waals surface area contributed by atoms with Crippen molar-refractivity contribution in [2.75, 3.05) is 33.9 Å². The third kappa shape index (κ3) is 6.56. The van der Waals surface area contributed by atoms with Gasteiger partial charge in [0.15, 0.2) is 5.96 Å². The lowest BCUT2D eigenvalue weighted by molar-refractivity contribution is -0.120. The number of rotatable bonds is 9. The highest BCUT2D eigenvalue weighted by Crippen LogP contribution is 2.10. The maximum atomic E-state index is 11.7.